The molecule has 2 aromatic carbocycles. The molecule has 0 aliphatic carbocycles. The number of fused-ring (bicyclic) bond motifs is 2. The second-order valence-corrected chi connectivity index (χ2v) is 9.21. The topological polar surface area (TPSA) is 114 Å². The number of ether oxygens (including phenoxy) is 3. The Morgan fingerprint density at radius 3 is 2.70 bits per heavy atom. The number of nitrogens with zero attached hydrogens (tertiary/aromatic N) is 1. The van der Waals surface area contributed by atoms with E-state index in [4.69, 9.17) is 14.2 Å². The van der Waals surface area contributed by atoms with Crippen molar-refractivity contribution < 1.29 is 33.7 Å². The van der Waals surface area contributed by atoms with Gasteiger partial charge >= 0.3 is 5.97 Å². The summed E-state index contributed by atoms with van der Waals surface area (Å²) in [4.78, 5) is 39.8. The highest BCUT2D eigenvalue weighted by Gasteiger charge is 2.51. The van der Waals surface area contributed by atoms with E-state index in [1.807, 2.05) is 24.3 Å². The van der Waals surface area contributed by atoms with Gasteiger partial charge in [-0.05, 0) is 30.3 Å². The van der Waals surface area contributed by atoms with Gasteiger partial charge in [0.15, 0.2) is 5.79 Å². The molecular formula is C23H22N2O7S. The first-order chi connectivity index (χ1) is 16.0. The summed E-state index contributed by atoms with van der Waals surface area (Å²) >= 11 is 1.56. The lowest BCUT2D eigenvalue weighted by Crippen LogP contribution is -2.48. The molecule has 172 valence electrons. The molecule has 9 nitrogen and oxygen atoms in total. The van der Waals surface area contributed by atoms with Gasteiger partial charge in [-0.3, -0.25) is 14.5 Å². The van der Waals surface area contributed by atoms with Crippen LogP contribution in [-0.2, 0) is 19.1 Å². The lowest BCUT2D eigenvalue weighted by atomic mass is 10.1. The van der Waals surface area contributed by atoms with Crippen LogP contribution in [0.4, 0.5) is 0 Å². The lowest BCUT2D eigenvalue weighted by Gasteiger charge is -2.25. The number of carboxylic acid groups (broad SMARTS) is 1. The molecule has 1 spiro atoms. The van der Waals surface area contributed by atoms with Crippen molar-refractivity contribution in [2.75, 3.05) is 26.3 Å². The van der Waals surface area contributed by atoms with E-state index in [1.165, 1.54) is 0 Å². The van der Waals surface area contributed by atoms with Gasteiger partial charge in [-0.1, -0.05) is 23.9 Å². The standard InChI is InChI=1S/C23H22N2O7S/c26-12-15(11-25-13-23(30-7-8-31-23)10-16(25)22(28)29)24-21(27)14-5-6-20-18(9-14)32-17-3-1-2-4-19(17)33-20/h1-6,9,12,15-16H,7-8,10-11,13H2,(H,24,27)(H,28,29)/t15?,16-/m0/s1. The number of aldehydes is 1. The van der Waals surface area contributed by atoms with Crippen molar-refractivity contribution in [3.8, 4) is 11.5 Å². The predicted molar refractivity (Wildman–Crippen MR) is 117 cm³/mol. The number of rotatable bonds is 6. The van der Waals surface area contributed by atoms with E-state index in [1.54, 1.807) is 34.9 Å². The SMILES string of the molecule is O=CC(CN1CC2(C[C@H]1C(=O)O)OCCO2)NC(=O)c1ccc2c(c1)Oc1ccccc1S2. The minimum Gasteiger partial charge on any atom is -0.480 e. The van der Waals surface area contributed by atoms with Crippen molar-refractivity contribution in [1.29, 1.82) is 0 Å². The van der Waals surface area contributed by atoms with Crippen molar-refractivity contribution in [3.63, 3.8) is 0 Å². The molecule has 33 heavy (non-hydrogen) atoms. The second-order valence-electron chi connectivity index (χ2n) is 8.12. The molecule has 2 atom stereocenters. The van der Waals surface area contributed by atoms with E-state index >= 15 is 0 Å². The number of nitrogens with one attached hydrogen (secondary N) is 1. The zero-order valence-corrected chi connectivity index (χ0v) is 18.4. The van der Waals surface area contributed by atoms with Gasteiger partial charge in [0.1, 0.15) is 23.8 Å². The molecule has 3 aliphatic heterocycles. The number of carbonyl (C=O) groups is 3. The molecule has 1 unspecified atom stereocenters. The maximum atomic E-state index is 12.9. The van der Waals surface area contributed by atoms with Crippen molar-refractivity contribution in [1.82, 2.24) is 10.2 Å². The molecule has 0 saturated carbocycles. The highest BCUT2D eigenvalue weighted by atomic mass is 32.2. The zero-order chi connectivity index (χ0) is 23.0. The Balaban J connectivity index is 1.27. The fourth-order valence-corrected chi connectivity index (χ4v) is 5.28. The van der Waals surface area contributed by atoms with Crippen LogP contribution >= 0.6 is 11.8 Å². The highest BCUT2D eigenvalue weighted by Crippen LogP contribution is 2.46. The van der Waals surface area contributed by atoms with Gasteiger partial charge in [-0.15, -0.1) is 0 Å². The molecular weight excluding hydrogens is 448 g/mol. The summed E-state index contributed by atoms with van der Waals surface area (Å²) in [6.45, 7) is 1.05. The van der Waals surface area contributed by atoms with E-state index < -0.39 is 29.7 Å². The summed E-state index contributed by atoms with van der Waals surface area (Å²) in [5, 5.41) is 12.3. The van der Waals surface area contributed by atoms with E-state index in [9.17, 15) is 19.5 Å². The van der Waals surface area contributed by atoms with Crippen molar-refractivity contribution in [2.24, 2.45) is 0 Å². The molecule has 0 aromatic heterocycles. The first-order valence-electron chi connectivity index (χ1n) is 10.6. The van der Waals surface area contributed by atoms with Gasteiger partial charge in [-0.25, -0.2) is 0 Å². The Kier molecular flexibility index (Phi) is 5.83. The molecule has 0 bridgehead atoms. The third kappa shape index (κ3) is 4.34. The first kappa shape index (κ1) is 21.9. The van der Waals surface area contributed by atoms with Crippen LogP contribution in [0.15, 0.2) is 52.3 Å². The Labute approximate surface area is 194 Å². The van der Waals surface area contributed by atoms with Crippen LogP contribution in [0.1, 0.15) is 16.8 Å². The molecule has 3 aliphatic rings. The molecule has 2 N–H and O–H groups in total. The Bertz CT molecular complexity index is 1100. The third-order valence-corrected chi connectivity index (χ3v) is 7.01. The monoisotopic (exact) mass is 470 g/mol. The van der Waals surface area contributed by atoms with Crippen LogP contribution < -0.4 is 10.1 Å². The number of aliphatic carboxylic acids is 1. The molecule has 10 heteroatoms. The van der Waals surface area contributed by atoms with E-state index in [0.29, 0.717) is 30.8 Å². The zero-order valence-electron chi connectivity index (χ0n) is 17.6. The number of para-hydroxylation sites is 1. The number of amides is 1. The van der Waals surface area contributed by atoms with Crippen LogP contribution in [0.2, 0.25) is 0 Å². The number of hydrogen-bond acceptors (Lipinski definition) is 8. The van der Waals surface area contributed by atoms with Crippen molar-refractivity contribution >= 4 is 29.9 Å². The molecule has 1 amide bonds. The quantitative estimate of drug-likeness (QED) is 0.523. The van der Waals surface area contributed by atoms with Crippen LogP contribution in [-0.4, -0.2) is 72.3 Å². The van der Waals surface area contributed by atoms with Gasteiger partial charge in [0.2, 0.25) is 0 Å². The third-order valence-electron chi connectivity index (χ3n) is 5.89. The molecule has 3 heterocycles. The smallest absolute Gasteiger partial charge is 0.321 e. The number of benzene rings is 2. The van der Waals surface area contributed by atoms with E-state index in [0.717, 1.165) is 15.5 Å². The lowest BCUT2D eigenvalue weighted by molar-refractivity contribution is -0.150. The molecule has 2 fully saturated rings. The van der Waals surface area contributed by atoms with Crippen LogP contribution in [0.5, 0.6) is 11.5 Å². The summed E-state index contributed by atoms with van der Waals surface area (Å²) in [5.41, 5.74) is 0.343. The summed E-state index contributed by atoms with van der Waals surface area (Å²) in [6, 6.07) is 11.0. The van der Waals surface area contributed by atoms with Gasteiger partial charge in [0.25, 0.3) is 5.91 Å². The summed E-state index contributed by atoms with van der Waals surface area (Å²) in [5.74, 6) is -1.15. The Morgan fingerprint density at radius 2 is 1.94 bits per heavy atom. The Morgan fingerprint density at radius 1 is 1.18 bits per heavy atom. The molecule has 2 aromatic rings. The van der Waals surface area contributed by atoms with Gasteiger partial charge in [0, 0.05) is 18.5 Å². The molecule has 0 radical (unpaired) electrons. The van der Waals surface area contributed by atoms with Crippen molar-refractivity contribution in [2.45, 2.75) is 34.1 Å². The summed E-state index contributed by atoms with van der Waals surface area (Å²) < 4.78 is 17.2. The second kappa shape index (κ2) is 8.79. The first-order valence-corrected chi connectivity index (χ1v) is 11.4. The normalized spacial score (nSPS) is 21.6. The number of hydrogen-bond donors (Lipinski definition) is 2. The minimum atomic E-state index is -1.02. The van der Waals surface area contributed by atoms with Crippen LogP contribution in [0.3, 0.4) is 0 Å². The summed E-state index contributed by atoms with van der Waals surface area (Å²) in [6.07, 6.45) is 0.780. The predicted octanol–water partition coefficient (Wildman–Crippen LogP) is 2.14. The van der Waals surface area contributed by atoms with Crippen LogP contribution in [0.25, 0.3) is 0 Å². The number of carbonyl (C=O) groups excluding carboxylic acids is 2. The van der Waals surface area contributed by atoms with Gasteiger partial charge in [-0.2, -0.15) is 0 Å². The average Bonchev–Trinajstić information content (AvgIpc) is 3.43. The molecule has 5 rings (SSSR count). The maximum absolute atomic E-state index is 12.9. The van der Waals surface area contributed by atoms with Gasteiger partial charge in [0.05, 0.1) is 35.6 Å². The van der Waals surface area contributed by atoms with Crippen molar-refractivity contribution in [3.05, 3.63) is 48.0 Å². The molecule has 2 saturated heterocycles. The number of likely N-dealkylation sites (tertiary alicyclic amines) is 1. The largest absolute Gasteiger partial charge is 0.480 e. The van der Waals surface area contributed by atoms with E-state index in [-0.39, 0.29) is 19.5 Å². The minimum absolute atomic E-state index is 0.0331. The van der Waals surface area contributed by atoms with Gasteiger partial charge < -0.3 is 29.4 Å². The maximum Gasteiger partial charge on any atom is 0.321 e. The fourth-order valence-electron chi connectivity index (χ4n) is 4.35. The number of carboxylic acids is 1. The summed E-state index contributed by atoms with van der Waals surface area (Å²) in [7, 11) is 0. The fraction of sp³-hybridized carbons (Fsp3) is 0.348. The van der Waals surface area contributed by atoms with E-state index in [2.05, 4.69) is 5.32 Å². The van der Waals surface area contributed by atoms with Crippen LogP contribution in [0, 0.1) is 0 Å². The Hall–Kier alpha value is -2.92. The highest BCUT2D eigenvalue weighted by molar-refractivity contribution is 7.99. The average molecular weight is 471 g/mol.